The number of halogens is 2. The fraction of sp³-hybridized carbons (Fsp3) is 0.550. The van der Waals surface area contributed by atoms with Crippen LogP contribution >= 0.6 is 23.4 Å². The van der Waals surface area contributed by atoms with Crippen molar-refractivity contribution in [1.82, 2.24) is 20.4 Å². The molecule has 0 radical (unpaired) electrons. The van der Waals surface area contributed by atoms with Gasteiger partial charge in [0.25, 0.3) is 0 Å². The van der Waals surface area contributed by atoms with E-state index in [2.05, 4.69) is 15.5 Å². The number of nitrogens with one attached hydrogen (secondary N) is 3. The van der Waals surface area contributed by atoms with Gasteiger partial charge in [-0.05, 0) is 49.1 Å². The van der Waals surface area contributed by atoms with Crippen LogP contribution in [0.25, 0.3) is 0 Å². The Bertz CT molecular complexity index is 744. The van der Waals surface area contributed by atoms with Crippen LogP contribution in [0, 0.1) is 5.92 Å². The van der Waals surface area contributed by atoms with Crippen molar-refractivity contribution in [2.45, 2.75) is 58.3 Å². The zero-order valence-corrected chi connectivity index (χ0v) is 18.4. The van der Waals surface area contributed by atoms with Gasteiger partial charge < -0.3 is 15.5 Å². The fourth-order valence-corrected chi connectivity index (χ4v) is 3.57. The van der Waals surface area contributed by atoms with Gasteiger partial charge in [-0.3, -0.25) is 14.4 Å². The van der Waals surface area contributed by atoms with Gasteiger partial charge in [0.2, 0.25) is 17.7 Å². The summed E-state index contributed by atoms with van der Waals surface area (Å²) >= 11 is 11.6. The number of benzene rings is 1. The van der Waals surface area contributed by atoms with Gasteiger partial charge in [0.05, 0.1) is 6.04 Å². The van der Waals surface area contributed by atoms with Crippen molar-refractivity contribution in [3.63, 3.8) is 0 Å². The van der Waals surface area contributed by atoms with E-state index in [1.54, 1.807) is 17.9 Å². The Kier molecular flexibility index (Phi) is 8.74. The molecule has 1 heterocycles. The van der Waals surface area contributed by atoms with Crippen LogP contribution in [0.5, 0.6) is 0 Å². The Labute approximate surface area is 181 Å². The third-order valence-electron chi connectivity index (χ3n) is 5.04. The van der Waals surface area contributed by atoms with Crippen LogP contribution in [0.15, 0.2) is 24.3 Å². The van der Waals surface area contributed by atoms with Gasteiger partial charge in [0.1, 0.15) is 12.1 Å². The molecule has 3 unspecified atom stereocenters. The minimum absolute atomic E-state index is 0.138. The molecule has 1 aliphatic heterocycles. The quantitative estimate of drug-likeness (QED) is 0.538. The van der Waals surface area contributed by atoms with Gasteiger partial charge in [-0.1, -0.05) is 43.6 Å². The maximum absolute atomic E-state index is 13.1. The number of carbonyl (C=O) groups excluding carboxylic acids is 3. The topological polar surface area (TPSA) is 90.5 Å². The molecule has 29 heavy (non-hydrogen) atoms. The molecule has 3 amide bonds. The van der Waals surface area contributed by atoms with Gasteiger partial charge >= 0.3 is 0 Å². The molecule has 0 saturated carbocycles. The fourth-order valence-electron chi connectivity index (χ4n) is 3.27. The molecule has 3 atom stereocenters. The van der Waals surface area contributed by atoms with E-state index in [1.807, 2.05) is 32.0 Å². The molecule has 1 fully saturated rings. The van der Waals surface area contributed by atoms with Crippen LogP contribution in [-0.4, -0.2) is 47.3 Å². The highest BCUT2D eigenvalue weighted by molar-refractivity contribution is 6.31. The maximum atomic E-state index is 13.1. The van der Waals surface area contributed by atoms with Crippen molar-refractivity contribution < 1.29 is 14.4 Å². The zero-order chi connectivity index (χ0) is 21.6. The lowest BCUT2D eigenvalue weighted by atomic mass is 10.0. The summed E-state index contributed by atoms with van der Waals surface area (Å²) in [4.78, 5) is 42.0. The first kappa shape index (κ1) is 23.4. The molecule has 1 aromatic rings. The van der Waals surface area contributed by atoms with Crippen molar-refractivity contribution in [1.29, 1.82) is 0 Å². The average molecular weight is 443 g/mol. The molecule has 0 aliphatic carbocycles. The smallest absolute Gasteiger partial charge is 0.246 e. The van der Waals surface area contributed by atoms with Gasteiger partial charge in [0, 0.05) is 18.1 Å². The van der Waals surface area contributed by atoms with Gasteiger partial charge in [-0.2, -0.15) is 0 Å². The molecule has 160 valence electrons. The van der Waals surface area contributed by atoms with E-state index in [9.17, 15) is 14.4 Å². The molecule has 9 heteroatoms. The standard InChI is InChI=1S/C20H28Cl2N4O3/c1-12(2)17(24-18(27)13(3)25-22)20(29)26-10-6-9-16(26)19(28)23-11-14-7-4-5-8-15(14)21/h4-5,7-8,12-13,16-17,25H,6,9-11H2,1-3H3,(H,23,28)(H,24,27). The second-order valence-corrected chi connectivity index (χ2v) is 8.19. The Hall–Kier alpha value is -1.83. The van der Waals surface area contributed by atoms with Crippen molar-refractivity contribution >= 4 is 41.1 Å². The highest BCUT2D eigenvalue weighted by Gasteiger charge is 2.38. The second-order valence-electron chi connectivity index (χ2n) is 7.56. The largest absolute Gasteiger partial charge is 0.350 e. The summed E-state index contributed by atoms with van der Waals surface area (Å²) in [5, 5.41) is 6.19. The lowest BCUT2D eigenvalue weighted by molar-refractivity contribution is -0.142. The van der Waals surface area contributed by atoms with E-state index in [-0.39, 0.29) is 23.6 Å². The third-order valence-corrected chi connectivity index (χ3v) is 5.73. The summed E-state index contributed by atoms with van der Waals surface area (Å²) in [5.41, 5.74) is 0.813. The molecule has 7 nitrogen and oxygen atoms in total. The van der Waals surface area contributed by atoms with E-state index in [1.165, 1.54) is 0 Å². The molecule has 1 saturated heterocycles. The van der Waals surface area contributed by atoms with E-state index >= 15 is 0 Å². The number of rotatable bonds is 8. The summed E-state index contributed by atoms with van der Waals surface area (Å²) < 4.78 is 0. The zero-order valence-electron chi connectivity index (χ0n) is 16.9. The van der Waals surface area contributed by atoms with Crippen LogP contribution < -0.4 is 15.5 Å². The molecule has 3 N–H and O–H groups in total. The minimum Gasteiger partial charge on any atom is -0.350 e. The van der Waals surface area contributed by atoms with Crippen LogP contribution in [0.4, 0.5) is 0 Å². The van der Waals surface area contributed by atoms with Crippen LogP contribution in [-0.2, 0) is 20.9 Å². The van der Waals surface area contributed by atoms with Crippen molar-refractivity contribution in [3.8, 4) is 0 Å². The first-order valence-electron chi connectivity index (χ1n) is 9.74. The highest BCUT2D eigenvalue weighted by Crippen LogP contribution is 2.21. The number of amides is 3. The SMILES string of the molecule is CC(NCl)C(=O)NC(C(=O)N1CCCC1C(=O)NCc1ccccc1Cl)C(C)C. The second kappa shape index (κ2) is 10.8. The van der Waals surface area contributed by atoms with Crippen LogP contribution in [0.3, 0.4) is 0 Å². The monoisotopic (exact) mass is 442 g/mol. The predicted octanol–water partition coefficient (Wildman–Crippen LogP) is 2.22. The number of hydrogen-bond donors (Lipinski definition) is 3. The summed E-state index contributed by atoms with van der Waals surface area (Å²) in [7, 11) is 0. The molecular weight excluding hydrogens is 415 g/mol. The molecule has 2 rings (SSSR count). The van der Waals surface area contributed by atoms with E-state index < -0.39 is 18.1 Å². The first-order valence-corrected chi connectivity index (χ1v) is 10.5. The highest BCUT2D eigenvalue weighted by atomic mass is 35.5. The summed E-state index contributed by atoms with van der Waals surface area (Å²) in [5.74, 6) is -0.988. The number of likely N-dealkylation sites (tertiary alicyclic amines) is 1. The molecule has 0 bridgehead atoms. The summed E-state index contributed by atoms with van der Waals surface area (Å²) in [6, 6.07) is 5.35. The van der Waals surface area contributed by atoms with Gasteiger partial charge in [-0.25, -0.2) is 4.84 Å². The lowest BCUT2D eigenvalue weighted by Crippen LogP contribution is -2.56. The Balaban J connectivity index is 2.05. The van der Waals surface area contributed by atoms with E-state index in [4.69, 9.17) is 23.4 Å². The minimum atomic E-state index is -0.730. The van der Waals surface area contributed by atoms with E-state index in [0.717, 1.165) is 12.0 Å². The maximum Gasteiger partial charge on any atom is 0.246 e. The Morgan fingerprint density at radius 2 is 1.90 bits per heavy atom. The van der Waals surface area contributed by atoms with Crippen molar-refractivity contribution in [3.05, 3.63) is 34.9 Å². The Morgan fingerprint density at radius 1 is 1.21 bits per heavy atom. The average Bonchev–Trinajstić information content (AvgIpc) is 3.19. The summed E-state index contributed by atoms with van der Waals surface area (Å²) in [6.07, 6.45) is 1.31. The van der Waals surface area contributed by atoms with E-state index in [0.29, 0.717) is 24.5 Å². The predicted molar refractivity (Wildman–Crippen MR) is 113 cm³/mol. The van der Waals surface area contributed by atoms with Crippen LogP contribution in [0.2, 0.25) is 5.02 Å². The normalized spacial score (nSPS) is 18.4. The van der Waals surface area contributed by atoms with Crippen molar-refractivity contribution in [2.24, 2.45) is 5.92 Å². The Morgan fingerprint density at radius 3 is 2.52 bits per heavy atom. The molecule has 0 aromatic heterocycles. The van der Waals surface area contributed by atoms with Gasteiger partial charge in [-0.15, -0.1) is 0 Å². The number of carbonyl (C=O) groups is 3. The van der Waals surface area contributed by atoms with Gasteiger partial charge in [0.15, 0.2) is 0 Å². The third kappa shape index (κ3) is 6.07. The van der Waals surface area contributed by atoms with Crippen LogP contribution in [0.1, 0.15) is 39.2 Å². The number of hydrogen-bond acceptors (Lipinski definition) is 4. The van der Waals surface area contributed by atoms with Crippen molar-refractivity contribution in [2.75, 3.05) is 6.54 Å². The molecular formula is C20H28Cl2N4O3. The lowest BCUT2D eigenvalue weighted by Gasteiger charge is -2.31. The first-order chi connectivity index (χ1) is 13.8. The number of nitrogens with zero attached hydrogens (tertiary/aromatic N) is 1. The molecule has 1 aliphatic rings. The molecule has 1 aromatic carbocycles. The summed E-state index contributed by atoms with van der Waals surface area (Å²) in [6.45, 7) is 6.07. The molecule has 0 spiro atoms.